The van der Waals surface area contributed by atoms with Gasteiger partial charge in [0.1, 0.15) is 0 Å². The fourth-order valence-electron chi connectivity index (χ4n) is 3.84. The standard InChI is InChI=1S/C20H24ClNO4S2/c1-27(23,24)19-13-17(9-10-18(19)21)28(25,26)22-15-20(11-5-6-12-20)14-16-7-3-2-4-8-16/h2-4,7-10,13,22H,5-6,11-12,14-15H2,1H3. The van der Waals surface area contributed by atoms with Crippen LogP contribution in [-0.4, -0.2) is 29.6 Å². The molecular formula is C20H24ClNO4S2. The molecule has 5 nitrogen and oxygen atoms in total. The summed E-state index contributed by atoms with van der Waals surface area (Å²) in [6.07, 6.45) is 5.89. The SMILES string of the molecule is CS(=O)(=O)c1cc(S(=O)(=O)NCC2(Cc3ccccc3)CCCC2)ccc1Cl. The third kappa shape index (κ3) is 4.95. The van der Waals surface area contributed by atoms with Gasteiger partial charge in [-0.05, 0) is 48.4 Å². The van der Waals surface area contributed by atoms with Crippen LogP contribution in [0.3, 0.4) is 0 Å². The molecule has 0 aromatic heterocycles. The fraction of sp³-hybridized carbons (Fsp3) is 0.400. The first-order valence-corrected chi connectivity index (χ1v) is 12.9. The Morgan fingerprint density at radius 3 is 2.25 bits per heavy atom. The first-order chi connectivity index (χ1) is 13.1. The first kappa shape index (κ1) is 21.3. The zero-order chi connectivity index (χ0) is 20.4. The van der Waals surface area contributed by atoms with Crippen LogP contribution < -0.4 is 4.72 Å². The molecule has 0 aliphatic heterocycles. The van der Waals surface area contributed by atoms with Crippen LogP contribution in [-0.2, 0) is 26.3 Å². The number of sulfone groups is 1. The van der Waals surface area contributed by atoms with Gasteiger partial charge in [-0.2, -0.15) is 0 Å². The predicted octanol–water partition coefficient (Wildman–Crippen LogP) is 3.82. The van der Waals surface area contributed by atoms with Crippen molar-refractivity contribution in [2.24, 2.45) is 5.41 Å². The van der Waals surface area contributed by atoms with Gasteiger partial charge in [0.25, 0.3) is 0 Å². The maximum absolute atomic E-state index is 12.8. The van der Waals surface area contributed by atoms with E-state index < -0.39 is 19.9 Å². The van der Waals surface area contributed by atoms with Crippen LogP contribution in [0.4, 0.5) is 0 Å². The summed E-state index contributed by atoms with van der Waals surface area (Å²) in [7, 11) is -7.47. The third-order valence-corrected chi connectivity index (χ3v) is 8.31. The molecule has 2 aromatic carbocycles. The quantitative estimate of drug-likeness (QED) is 0.708. The van der Waals surface area contributed by atoms with Gasteiger partial charge in [0.15, 0.2) is 9.84 Å². The number of hydrogen-bond donors (Lipinski definition) is 1. The van der Waals surface area contributed by atoms with Crippen molar-refractivity contribution in [2.45, 2.75) is 41.9 Å². The number of sulfonamides is 1. The second-order valence-corrected chi connectivity index (χ2v) is 11.7. The van der Waals surface area contributed by atoms with E-state index in [1.807, 2.05) is 18.2 Å². The molecule has 0 atom stereocenters. The molecule has 1 fully saturated rings. The van der Waals surface area contributed by atoms with Gasteiger partial charge < -0.3 is 0 Å². The van der Waals surface area contributed by atoms with Crippen molar-refractivity contribution in [2.75, 3.05) is 12.8 Å². The molecule has 28 heavy (non-hydrogen) atoms. The normalized spacial score (nSPS) is 16.9. The summed E-state index contributed by atoms with van der Waals surface area (Å²) in [6.45, 7) is 0.320. The van der Waals surface area contributed by atoms with Crippen molar-refractivity contribution in [3.8, 4) is 0 Å². The topological polar surface area (TPSA) is 80.3 Å². The zero-order valence-corrected chi connectivity index (χ0v) is 18.1. The van der Waals surface area contributed by atoms with E-state index in [4.69, 9.17) is 11.6 Å². The Hall–Kier alpha value is -1.41. The molecule has 0 bridgehead atoms. The number of hydrogen-bond acceptors (Lipinski definition) is 4. The Bertz CT molecular complexity index is 1040. The van der Waals surface area contributed by atoms with E-state index in [0.717, 1.165) is 44.4 Å². The summed E-state index contributed by atoms with van der Waals surface area (Å²) < 4.78 is 52.1. The van der Waals surface area contributed by atoms with E-state index in [9.17, 15) is 16.8 Å². The molecule has 1 aliphatic rings. The van der Waals surface area contributed by atoms with Crippen LogP contribution in [0.1, 0.15) is 31.2 Å². The van der Waals surface area contributed by atoms with Gasteiger partial charge in [-0.25, -0.2) is 21.6 Å². The number of nitrogens with one attached hydrogen (secondary N) is 1. The lowest BCUT2D eigenvalue weighted by molar-refractivity contribution is 0.295. The maximum atomic E-state index is 12.8. The molecule has 8 heteroatoms. The van der Waals surface area contributed by atoms with Crippen LogP contribution >= 0.6 is 11.6 Å². The van der Waals surface area contributed by atoms with E-state index >= 15 is 0 Å². The van der Waals surface area contributed by atoms with E-state index in [0.29, 0.717) is 6.54 Å². The van der Waals surface area contributed by atoms with Gasteiger partial charge in [0.2, 0.25) is 10.0 Å². The second kappa shape index (κ2) is 8.14. The summed E-state index contributed by atoms with van der Waals surface area (Å²) in [5.41, 5.74) is 1.06. The molecule has 1 saturated carbocycles. The minimum Gasteiger partial charge on any atom is -0.224 e. The van der Waals surface area contributed by atoms with Crippen molar-refractivity contribution in [1.82, 2.24) is 4.72 Å². The van der Waals surface area contributed by atoms with Crippen LogP contribution in [0.5, 0.6) is 0 Å². The van der Waals surface area contributed by atoms with Crippen LogP contribution in [0.25, 0.3) is 0 Å². The van der Waals surface area contributed by atoms with Crippen molar-refractivity contribution in [3.05, 3.63) is 59.1 Å². The average Bonchev–Trinajstić information content (AvgIpc) is 3.09. The van der Waals surface area contributed by atoms with Gasteiger partial charge in [-0.15, -0.1) is 0 Å². The summed E-state index contributed by atoms with van der Waals surface area (Å²) in [4.78, 5) is -0.276. The van der Waals surface area contributed by atoms with Crippen molar-refractivity contribution in [3.63, 3.8) is 0 Å². The predicted molar refractivity (Wildman–Crippen MR) is 111 cm³/mol. The summed E-state index contributed by atoms with van der Waals surface area (Å²) >= 11 is 5.93. The highest BCUT2D eigenvalue weighted by Crippen LogP contribution is 2.40. The highest BCUT2D eigenvalue weighted by molar-refractivity contribution is 7.91. The Balaban J connectivity index is 1.82. The van der Waals surface area contributed by atoms with E-state index in [-0.39, 0.29) is 20.2 Å². The van der Waals surface area contributed by atoms with E-state index in [1.165, 1.54) is 17.7 Å². The van der Waals surface area contributed by atoms with Gasteiger partial charge in [0, 0.05) is 12.8 Å². The molecule has 0 unspecified atom stereocenters. The summed E-state index contributed by atoms with van der Waals surface area (Å²) in [6, 6.07) is 13.8. The number of rotatable bonds is 7. The third-order valence-electron chi connectivity index (χ3n) is 5.34. The molecule has 1 N–H and O–H groups in total. The lowest BCUT2D eigenvalue weighted by Gasteiger charge is -2.29. The van der Waals surface area contributed by atoms with Gasteiger partial charge in [-0.1, -0.05) is 54.8 Å². The van der Waals surface area contributed by atoms with Crippen molar-refractivity contribution in [1.29, 1.82) is 0 Å². The second-order valence-electron chi connectivity index (χ2n) is 7.56. The van der Waals surface area contributed by atoms with Gasteiger partial charge in [0.05, 0.1) is 14.8 Å². The lowest BCUT2D eigenvalue weighted by atomic mass is 9.80. The van der Waals surface area contributed by atoms with Crippen LogP contribution in [0.15, 0.2) is 58.3 Å². The van der Waals surface area contributed by atoms with Crippen LogP contribution in [0.2, 0.25) is 5.02 Å². The Labute approximate surface area is 172 Å². The molecule has 0 spiro atoms. The number of benzene rings is 2. The van der Waals surface area contributed by atoms with Crippen molar-refractivity contribution >= 4 is 31.5 Å². The summed E-state index contributed by atoms with van der Waals surface area (Å²) in [5.74, 6) is 0. The fourth-order valence-corrected chi connectivity index (χ4v) is 6.40. The first-order valence-electron chi connectivity index (χ1n) is 9.15. The van der Waals surface area contributed by atoms with Gasteiger partial charge in [-0.3, -0.25) is 0 Å². The highest BCUT2D eigenvalue weighted by atomic mass is 35.5. The van der Waals surface area contributed by atoms with Gasteiger partial charge >= 0.3 is 0 Å². The largest absolute Gasteiger partial charge is 0.240 e. The Morgan fingerprint density at radius 2 is 1.64 bits per heavy atom. The lowest BCUT2D eigenvalue weighted by Crippen LogP contribution is -2.37. The molecule has 3 rings (SSSR count). The monoisotopic (exact) mass is 441 g/mol. The molecule has 0 radical (unpaired) electrons. The molecule has 0 heterocycles. The maximum Gasteiger partial charge on any atom is 0.240 e. The zero-order valence-electron chi connectivity index (χ0n) is 15.7. The molecule has 152 valence electrons. The van der Waals surface area contributed by atoms with E-state index in [2.05, 4.69) is 16.9 Å². The highest BCUT2D eigenvalue weighted by Gasteiger charge is 2.35. The minimum absolute atomic E-state index is 0.0118. The minimum atomic E-state index is -3.85. The molecule has 0 saturated heterocycles. The smallest absolute Gasteiger partial charge is 0.224 e. The summed E-state index contributed by atoms with van der Waals surface area (Å²) in [5, 5.41) is 0.0118. The Kier molecular flexibility index (Phi) is 6.20. The Morgan fingerprint density at radius 1 is 1.00 bits per heavy atom. The molecule has 0 amide bonds. The molecule has 2 aromatic rings. The van der Waals surface area contributed by atoms with Crippen LogP contribution in [0, 0.1) is 5.41 Å². The molecule has 1 aliphatic carbocycles. The van der Waals surface area contributed by atoms with Crippen molar-refractivity contribution < 1.29 is 16.8 Å². The number of halogens is 1. The van der Waals surface area contributed by atoms with E-state index in [1.54, 1.807) is 0 Å². The molecular weight excluding hydrogens is 418 g/mol. The average molecular weight is 442 g/mol.